The quantitative estimate of drug-likeness (QED) is 0.883. The summed E-state index contributed by atoms with van der Waals surface area (Å²) in [5.74, 6) is -1.00. The molecule has 0 radical (unpaired) electrons. The lowest BCUT2D eigenvalue weighted by molar-refractivity contribution is -0.154. The zero-order valence-electron chi connectivity index (χ0n) is 15.0. The first-order valence-electron chi connectivity index (χ1n) is 8.55. The van der Waals surface area contributed by atoms with Crippen LogP contribution in [0.25, 0.3) is 5.69 Å². The summed E-state index contributed by atoms with van der Waals surface area (Å²) < 4.78 is 39.3. The smallest absolute Gasteiger partial charge is 0.349 e. The predicted molar refractivity (Wildman–Crippen MR) is 92.0 cm³/mol. The molecule has 0 bridgehead atoms. The Labute approximate surface area is 150 Å². The molecule has 2 aromatic rings. The first-order chi connectivity index (χ1) is 12.1. The van der Waals surface area contributed by atoms with Crippen molar-refractivity contribution in [3.63, 3.8) is 0 Å². The Morgan fingerprint density at radius 2 is 2.04 bits per heavy atom. The molecule has 0 aliphatic heterocycles. The summed E-state index contributed by atoms with van der Waals surface area (Å²) in [5, 5.41) is 7.02. The van der Waals surface area contributed by atoms with Gasteiger partial charge < -0.3 is 5.32 Å². The second kappa shape index (κ2) is 6.45. The van der Waals surface area contributed by atoms with Crippen LogP contribution in [0.2, 0.25) is 0 Å². The van der Waals surface area contributed by atoms with E-state index in [-0.39, 0.29) is 5.41 Å². The molecular weight excluding hydrogens is 343 g/mol. The van der Waals surface area contributed by atoms with Crippen molar-refractivity contribution in [2.24, 2.45) is 5.41 Å². The summed E-state index contributed by atoms with van der Waals surface area (Å²) in [6.07, 6.45) is -3.01. The number of amides is 1. The van der Waals surface area contributed by atoms with Gasteiger partial charge in [0.05, 0.1) is 23.6 Å². The van der Waals surface area contributed by atoms with Gasteiger partial charge in [0, 0.05) is 5.56 Å². The minimum Gasteiger partial charge on any atom is -0.349 e. The van der Waals surface area contributed by atoms with Crippen LogP contribution in [0.1, 0.15) is 49.6 Å². The fraction of sp³-hybridized carbons (Fsp3) is 0.474. The van der Waals surface area contributed by atoms with E-state index in [2.05, 4.69) is 10.4 Å². The second-order valence-electron chi connectivity index (χ2n) is 7.70. The zero-order valence-corrected chi connectivity index (χ0v) is 15.0. The van der Waals surface area contributed by atoms with E-state index < -0.39 is 24.5 Å². The molecule has 1 aliphatic rings. The molecule has 0 saturated carbocycles. The van der Waals surface area contributed by atoms with Gasteiger partial charge >= 0.3 is 6.18 Å². The summed E-state index contributed by atoms with van der Waals surface area (Å²) in [5.41, 5.74) is 3.56. The molecule has 7 heteroatoms. The van der Waals surface area contributed by atoms with Crippen LogP contribution >= 0.6 is 0 Å². The van der Waals surface area contributed by atoms with Gasteiger partial charge in [-0.15, -0.1) is 0 Å². The van der Waals surface area contributed by atoms with Crippen molar-refractivity contribution in [3.05, 3.63) is 47.3 Å². The standard InChI is InChI=1S/C19H22F3N3O/c1-12-6-4-5-7-15(12)25-16-9-18(2,3)8-14(13(16)11-23-25)24-17(26)10-19(20,21)22/h4-7,11,14H,8-10H2,1-3H3,(H,24,26)/t14-/m0/s1. The first-order valence-corrected chi connectivity index (χ1v) is 8.55. The molecule has 0 unspecified atom stereocenters. The van der Waals surface area contributed by atoms with E-state index in [1.165, 1.54) is 0 Å². The van der Waals surface area contributed by atoms with Crippen LogP contribution in [0.5, 0.6) is 0 Å². The maximum atomic E-state index is 12.5. The number of halogens is 3. The summed E-state index contributed by atoms with van der Waals surface area (Å²) in [4.78, 5) is 11.8. The molecule has 26 heavy (non-hydrogen) atoms. The third kappa shape index (κ3) is 3.92. The second-order valence-corrected chi connectivity index (χ2v) is 7.70. The number of aromatic nitrogens is 2. The van der Waals surface area contributed by atoms with Gasteiger partial charge in [-0.3, -0.25) is 4.79 Å². The van der Waals surface area contributed by atoms with Gasteiger partial charge in [-0.25, -0.2) is 4.68 Å². The Morgan fingerprint density at radius 1 is 1.35 bits per heavy atom. The van der Waals surface area contributed by atoms with Crippen molar-refractivity contribution < 1.29 is 18.0 Å². The lowest BCUT2D eigenvalue weighted by Gasteiger charge is -2.36. The molecule has 0 spiro atoms. The van der Waals surface area contributed by atoms with E-state index in [9.17, 15) is 18.0 Å². The van der Waals surface area contributed by atoms with Crippen molar-refractivity contribution in [3.8, 4) is 5.69 Å². The van der Waals surface area contributed by atoms with Crippen molar-refractivity contribution >= 4 is 5.91 Å². The SMILES string of the molecule is Cc1ccccc1-n1ncc2c1CC(C)(C)C[C@@H]2NC(=O)CC(F)(F)F. The minimum absolute atomic E-state index is 0.163. The highest BCUT2D eigenvalue weighted by atomic mass is 19.4. The van der Waals surface area contributed by atoms with E-state index in [4.69, 9.17) is 0 Å². The van der Waals surface area contributed by atoms with Crippen molar-refractivity contribution in [1.82, 2.24) is 15.1 Å². The van der Waals surface area contributed by atoms with E-state index in [1.807, 2.05) is 49.7 Å². The molecule has 1 heterocycles. The van der Waals surface area contributed by atoms with Gasteiger partial charge in [0.1, 0.15) is 6.42 Å². The molecule has 1 atom stereocenters. The van der Waals surface area contributed by atoms with E-state index in [0.29, 0.717) is 6.42 Å². The number of hydrogen-bond donors (Lipinski definition) is 1. The molecule has 0 saturated heterocycles. The Hall–Kier alpha value is -2.31. The summed E-state index contributed by atoms with van der Waals surface area (Å²) in [6.45, 7) is 6.09. The molecular formula is C19H22F3N3O. The molecule has 1 aromatic carbocycles. The minimum atomic E-state index is -4.51. The normalized spacial score (nSPS) is 19.1. The highest BCUT2D eigenvalue weighted by Crippen LogP contribution is 2.41. The molecule has 1 aliphatic carbocycles. The number of nitrogens with one attached hydrogen (secondary N) is 1. The molecule has 0 fully saturated rings. The predicted octanol–water partition coefficient (Wildman–Crippen LogP) is 4.26. The fourth-order valence-corrected chi connectivity index (χ4v) is 3.61. The number of rotatable bonds is 3. The van der Waals surface area contributed by atoms with Gasteiger partial charge in [-0.1, -0.05) is 32.0 Å². The average molecular weight is 365 g/mol. The largest absolute Gasteiger partial charge is 0.397 e. The number of aryl methyl sites for hydroxylation is 1. The van der Waals surface area contributed by atoms with Gasteiger partial charge in [0.15, 0.2) is 0 Å². The van der Waals surface area contributed by atoms with Gasteiger partial charge in [0.2, 0.25) is 5.91 Å². The number of fused-ring (bicyclic) bond motifs is 1. The molecule has 140 valence electrons. The van der Waals surface area contributed by atoms with E-state index >= 15 is 0 Å². The lowest BCUT2D eigenvalue weighted by Crippen LogP contribution is -2.38. The summed E-state index contributed by atoms with van der Waals surface area (Å²) in [6, 6.07) is 7.34. The van der Waals surface area contributed by atoms with Crippen molar-refractivity contribution in [2.45, 2.75) is 52.3 Å². The summed E-state index contributed by atoms with van der Waals surface area (Å²) in [7, 11) is 0. The Balaban J connectivity index is 1.95. The van der Waals surface area contributed by atoms with Crippen LogP contribution in [0.4, 0.5) is 13.2 Å². The van der Waals surface area contributed by atoms with E-state index in [0.717, 1.165) is 28.9 Å². The van der Waals surface area contributed by atoms with Crippen LogP contribution in [-0.2, 0) is 11.2 Å². The topological polar surface area (TPSA) is 46.9 Å². The maximum Gasteiger partial charge on any atom is 0.397 e. The lowest BCUT2D eigenvalue weighted by atomic mass is 9.74. The molecule has 1 N–H and O–H groups in total. The first kappa shape index (κ1) is 18.5. The molecule has 4 nitrogen and oxygen atoms in total. The van der Waals surface area contributed by atoms with Crippen LogP contribution in [0.3, 0.4) is 0 Å². The average Bonchev–Trinajstić information content (AvgIpc) is 2.88. The number of carbonyl (C=O) groups is 1. The Kier molecular flexibility index (Phi) is 4.58. The van der Waals surface area contributed by atoms with Crippen LogP contribution in [-0.4, -0.2) is 21.9 Å². The van der Waals surface area contributed by atoms with Crippen molar-refractivity contribution in [2.75, 3.05) is 0 Å². The van der Waals surface area contributed by atoms with Crippen LogP contribution in [0.15, 0.2) is 30.5 Å². The van der Waals surface area contributed by atoms with E-state index in [1.54, 1.807) is 6.20 Å². The third-order valence-electron chi connectivity index (χ3n) is 4.72. The van der Waals surface area contributed by atoms with Crippen LogP contribution in [0, 0.1) is 12.3 Å². The Bertz CT molecular complexity index is 824. The monoisotopic (exact) mass is 365 g/mol. The molecule has 3 rings (SSSR count). The Morgan fingerprint density at radius 3 is 2.69 bits per heavy atom. The summed E-state index contributed by atoms with van der Waals surface area (Å²) >= 11 is 0. The molecule has 1 aromatic heterocycles. The molecule has 1 amide bonds. The zero-order chi connectivity index (χ0) is 19.1. The number of hydrogen-bond acceptors (Lipinski definition) is 2. The highest BCUT2D eigenvalue weighted by molar-refractivity contribution is 5.77. The number of para-hydroxylation sites is 1. The van der Waals surface area contributed by atoms with Crippen LogP contribution < -0.4 is 5.32 Å². The van der Waals surface area contributed by atoms with Gasteiger partial charge in [-0.2, -0.15) is 18.3 Å². The van der Waals surface area contributed by atoms with Gasteiger partial charge in [0.25, 0.3) is 0 Å². The maximum absolute atomic E-state index is 12.5. The number of alkyl halides is 3. The highest BCUT2D eigenvalue weighted by Gasteiger charge is 2.38. The van der Waals surface area contributed by atoms with Gasteiger partial charge in [-0.05, 0) is 36.8 Å². The fourth-order valence-electron chi connectivity index (χ4n) is 3.61. The number of nitrogens with zero attached hydrogens (tertiary/aromatic N) is 2. The van der Waals surface area contributed by atoms with Crippen molar-refractivity contribution in [1.29, 1.82) is 0 Å². The number of carbonyl (C=O) groups excluding carboxylic acids is 1. The third-order valence-corrected chi connectivity index (χ3v) is 4.72. The number of benzene rings is 1.